The Hall–Kier alpha value is -2.95. The van der Waals surface area contributed by atoms with Gasteiger partial charge in [0.2, 0.25) is 5.76 Å². The van der Waals surface area contributed by atoms with Gasteiger partial charge >= 0.3 is 5.97 Å². The molecule has 0 aliphatic rings. The van der Waals surface area contributed by atoms with Gasteiger partial charge in [0.15, 0.2) is 11.5 Å². The Kier molecular flexibility index (Phi) is 3.47. The van der Waals surface area contributed by atoms with Crippen molar-refractivity contribution in [1.29, 1.82) is 0 Å². The summed E-state index contributed by atoms with van der Waals surface area (Å²) in [5, 5.41) is 10.1. The minimum Gasteiger partial charge on any atom is -0.493 e. The molecule has 1 heterocycles. The summed E-state index contributed by atoms with van der Waals surface area (Å²) in [7, 11) is 3.05. The number of carboxylic acid groups (broad SMARTS) is 1. The van der Waals surface area contributed by atoms with Crippen molar-refractivity contribution in [2.24, 2.45) is 0 Å². The van der Waals surface area contributed by atoms with Gasteiger partial charge in [-0.15, -0.1) is 0 Å². The molecule has 5 heteroatoms. The van der Waals surface area contributed by atoms with Crippen molar-refractivity contribution in [1.82, 2.24) is 0 Å². The van der Waals surface area contributed by atoms with Crippen LogP contribution in [0.15, 0.2) is 46.9 Å². The van der Waals surface area contributed by atoms with Gasteiger partial charge in [-0.1, -0.05) is 30.3 Å². The van der Waals surface area contributed by atoms with Crippen LogP contribution in [0.1, 0.15) is 10.6 Å². The number of carbonyl (C=O) groups is 1. The fraction of sp³-hybridized carbons (Fsp3) is 0.118. The monoisotopic (exact) mass is 298 g/mol. The molecule has 0 radical (unpaired) electrons. The number of hydrogen-bond acceptors (Lipinski definition) is 4. The zero-order chi connectivity index (χ0) is 15.7. The second-order valence-electron chi connectivity index (χ2n) is 4.68. The molecule has 0 saturated heterocycles. The fourth-order valence-corrected chi connectivity index (χ4v) is 2.47. The van der Waals surface area contributed by atoms with Crippen molar-refractivity contribution >= 4 is 16.9 Å². The van der Waals surface area contributed by atoms with E-state index in [4.69, 9.17) is 13.9 Å². The van der Waals surface area contributed by atoms with Crippen LogP contribution < -0.4 is 9.47 Å². The maximum absolute atomic E-state index is 11.5. The van der Waals surface area contributed by atoms with E-state index in [-0.39, 0.29) is 5.76 Å². The Balaban J connectivity index is 2.37. The second kappa shape index (κ2) is 5.44. The van der Waals surface area contributed by atoms with E-state index in [1.807, 2.05) is 30.3 Å². The highest BCUT2D eigenvalue weighted by molar-refractivity contribution is 6.06. The smallest absolute Gasteiger partial charge is 0.372 e. The fourth-order valence-electron chi connectivity index (χ4n) is 2.47. The van der Waals surface area contributed by atoms with Crippen LogP contribution in [0.4, 0.5) is 0 Å². The van der Waals surface area contributed by atoms with Crippen molar-refractivity contribution in [3.63, 3.8) is 0 Å². The summed E-state index contributed by atoms with van der Waals surface area (Å²) in [4.78, 5) is 11.5. The average molecular weight is 298 g/mol. The topological polar surface area (TPSA) is 68.9 Å². The molecule has 0 amide bonds. The molecule has 0 bridgehead atoms. The first-order valence-electron chi connectivity index (χ1n) is 6.63. The van der Waals surface area contributed by atoms with Crippen molar-refractivity contribution < 1.29 is 23.8 Å². The molecule has 5 nitrogen and oxygen atoms in total. The number of carboxylic acids is 1. The Labute approximate surface area is 126 Å². The molecule has 0 atom stereocenters. The maximum Gasteiger partial charge on any atom is 0.372 e. The number of benzene rings is 2. The number of furan rings is 1. The summed E-state index contributed by atoms with van der Waals surface area (Å²) in [5.74, 6) is -0.213. The van der Waals surface area contributed by atoms with Crippen LogP contribution in [-0.4, -0.2) is 25.3 Å². The van der Waals surface area contributed by atoms with Gasteiger partial charge in [-0.2, -0.15) is 0 Å². The first-order valence-corrected chi connectivity index (χ1v) is 6.63. The Morgan fingerprint density at radius 1 is 1.05 bits per heavy atom. The highest BCUT2D eigenvalue weighted by atomic mass is 16.5. The van der Waals surface area contributed by atoms with Crippen LogP contribution in [0.3, 0.4) is 0 Å². The SMILES string of the molecule is COc1cc2oc(C(=O)O)c(-c3ccccc3)c2cc1OC. The van der Waals surface area contributed by atoms with Crippen molar-refractivity contribution in [2.75, 3.05) is 14.2 Å². The molecule has 3 rings (SSSR count). The predicted molar refractivity (Wildman–Crippen MR) is 81.7 cm³/mol. The van der Waals surface area contributed by atoms with Gasteiger partial charge in [0.05, 0.1) is 14.2 Å². The van der Waals surface area contributed by atoms with Gasteiger partial charge in [0.25, 0.3) is 0 Å². The Bertz CT molecular complexity index is 833. The molecular formula is C17H14O5. The molecule has 112 valence electrons. The Morgan fingerprint density at radius 3 is 2.27 bits per heavy atom. The molecule has 0 fully saturated rings. The lowest BCUT2D eigenvalue weighted by Crippen LogP contribution is -1.96. The first-order chi connectivity index (χ1) is 10.7. The molecule has 1 N–H and O–H groups in total. The molecule has 22 heavy (non-hydrogen) atoms. The Morgan fingerprint density at radius 2 is 1.68 bits per heavy atom. The van der Waals surface area contributed by atoms with Crippen molar-refractivity contribution in [2.45, 2.75) is 0 Å². The first kappa shape index (κ1) is 14.0. The third kappa shape index (κ3) is 2.16. The molecular weight excluding hydrogens is 284 g/mol. The van der Waals surface area contributed by atoms with E-state index in [2.05, 4.69) is 0 Å². The summed E-state index contributed by atoms with van der Waals surface area (Å²) in [6.45, 7) is 0. The van der Waals surface area contributed by atoms with Crippen LogP contribution >= 0.6 is 0 Å². The van der Waals surface area contributed by atoms with E-state index < -0.39 is 5.97 Å². The molecule has 2 aromatic carbocycles. The summed E-state index contributed by atoms with van der Waals surface area (Å²) in [6, 6.07) is 12.6. The molecule has 0 aliphatic carbocycles. The average Bonchev–Trinajstić information content (AvgIpc) is 2.92. The van der Waals surface area contributed by atoms with Crippen molar-refractivity contribution in [3.05, 3.63) is 48.2 Å². The van der Waals surface area contributed by atoms with E-state index in [0.717, 1.165) is 5.56 Å². The van der Waals surface area contributed by atoms with Gasteiger partial charge in [-0.3, -0.25) is 0 Å². The normalized spacial score (nSPS) is 10.6. The maximum atomic E-state index is 11.5. The molecule has 0 unspecified atom stereocenters. The lowest BCUT2D eigenvalue weighted by molar-refractivity contribution is 0.0666. The minimum atomic E-state index is -1.12. The number of ether oxygens (including phenoxy) is 2. The van der Waals surface area contributed by atoms with Crippen LogP contribution in [0.5, 0.6) is 11.5 Å². The van der Waals surface area contributed by atoms with E-state index in [1.54, 1.807) is 12.1 Å². The lowest BCUT2D eigenvalue weighted by Gasteiger charge is -2.07. The third-order valence-corrected chi connectivity index (χ3v) is 3.45. The quantitative estimate of drug-likeness (QED) is 0.793. The summed E-state index contributed by atoms with van der Waals surface area (Å²) < 4.78 is 16.0. The number of hydrogen-bond donors (Lipinski definition) is 1. The third-order valence-electron chi connectivity index (χ3n) is 3.45. The highest BCUT2D eigenvalue weighted by Gasteiger charge is 2.23. The molecule has 0 saturated carbocycles. The number of methoxy groups -OCH3 is 2. The lowest BCUT2D eigenvalue weighted by atomic mass is 10.0. The van der Waals surface area contributed by atoms with Crippen LogP contribution in [0.2, 0.25) is 0 Å². The van der Waals surface area contributed by atoms with Crippen LogP contribution in [-0.2, 0) is 0 Å². The van der Waals surface area contributed by atoms with Crippen molar-refractivity contribution in [3.8, 4) is 22.6 Å². The number of rotatable bonds is 4. The van der Waals surface area contributed by atoms with Crippen LogP contribution in [0, 0.1) is 0 Å². The number of aromatic carboxylic acids is 1. The van der Waals surface area contributed by atoms with Gasteiger partial charge in [0.1, 0.15) is 5.58 Å². The molecule has 0 spiro atoms. The molecule has 0 aliphatic heterocycles. The summed E-state index contributed by atoms with van der Waals surface area (Å²) in [5.41, 5.74) is 1.74. The summed E-state index contributed by atoms with van der Waals surface area (Å²) >= 11 is 0. The van der Waals surface area contributed by atoms with Gasteiger partial charge in [-0.05, 0) is 11.6 Å². The van der Waals surface area contributed by atoms with E-state index in [0.29, 0.717) is 28.0 Å². The highest BCUT2D eigenvalue weighted by Crippen LogP contribution is 2.40. The largest absolute Gasteiger partial charge is 0.493 e. The van der Waals surface area contributed by atoms with Gasteiger partial charge in [-0.25, -0.2) is 4.79 Å². The number of fused-ring (bicyclic) bond motifs is 1. The standard InChI is InChI=1S/C17H14O5/c1-20-13-8-11-12(9-14(13)21-2)22-16(17(18)19)15(11)10-6-4-3-5-7-10/h3-9H,1-2H3,(H,18,19). The molecule has 1 aromatic heterocycles. The summed E-state index contributed by atoms with van der Waals surface area (Å²) in [6.07, 6.45) is 0. The minimum absolute atomic E-state index is 0.100. The molecule has 3 aromatic rings. The predicted octanol–water partition coefficient (Wildman–Crippen LogP) is 3.82. The zero-order valence-corrected chi connectivity index (χ0v) is 12.1. The van der Waals surface area contributed by atoms with E-state index in [9.17, 15) is 9.90 Å². The van der Waals surface area contributed by atoms with Gasteiger partial charge in [0, 0.05) is 17.0 Å². The van der Waals surface area contributed by atoms with Gasteiger partial charge < -0.3 is 19.0 Å². The second-order valence-corrected chi connectivity index (χ2v) is 4.68. The van der Waals surface area contributed by atoms with E-state index >= 15 is 0 Å². The zero-order valence-electron chi connectivity index (χ0n) is 12.1. The van der Waals surface area contributed by atoms with Crippen LogP contribution in [0.25, 0.3) is 22.1 Å². The van der Waals surface area contributed by atoms with E-state index in [1.165, 1.54) is 14.2 Å².